The highest BCUT2D eigenvalue weighted by atomic mass is 32.1. The van der Waals surface area contributed by atoms with Gasteiger partial charge in [-0.2, -0.15) is 13.2 Å². The molecule has 2 nitrogen and oxygen atoms in total. The van der Waals surface area contributed by atoms with Crippen LogP contribution in [0.25, 0.3) is 10.6 Å². The first kappa shape index (κ1) is 16.0. The lowest BCUT2D eigenvalue weighted by molar-refractivity contribution is -0.137. The molecule has 1 aromatic carbocycles. The van der Waals surface area contributed by atoms with E-state index in [-0.39, 0.29) is 0 Å². The van der Waals surface area contributed by atoms with Crippen LogP contribution in [0.4, 0.5) is 13.2 Å². The highest BCUT2D eigenvalue weighted by Gasteiger charge is 2.30. The number of benzene rings is 1. The minimum absolute atomic E-state index is 0.633. The lowest BCUT2D eigenvalue weighted by atomic mass is 10.1. The molecule has 0 atom stereocenters. The fourth-order valence-corrected chi connectivity index (χ4v) is 2.73. The van der Waals surface area contributed by atoms with Gasteiger partial charge in [0.05, 0.1) is 11.3 Å². The lowest BCUT2D eigenvalue weighted by Crippen LogP contribution is -2.17. The van der Waals surface area contributed by atoms with Crippen LogP contribution < -0.4 is 5.32 Å². The predicted molar refractivity (Wildman–Crippen MR) is 79.4 cm³/mol. The molecule has 0 aliphatic carbocycles. The van der Waals surface area contributed by atoms with E-state index in [1.807, 2.05) is 5.38 Å². The number of hydrogen-bond acceptors (Lipinski definition) is 3. The normalized spacial score (nSPS) is 11.8. The van der Waals surface area contributed by atoms with E-state index in [0.29, 0.717) is 0 Å². The summed E-state index contributed by atoms with van der Waals surface area (Å²) in [6.07, 6.45) is -2.37. The van der Waals surface area contributed by atoms with Crippen LogP contribution in [0.15, 0.2) is 29.6 Å². The summed E-state index contributed by atoms with van der Waals surface area (Å²) in [4.78, 5) is 4.47. The van der Waals surface area contributed by atoms with E-state index >= 15 is 0 Å². The van der Waals surface area contributed by atoms with Crippen molar-refractivity contribution >= 4 is 11.3 Å². The summed E-state index contributed by atoms with van der Waals surface area (Å²) >= 11 is 1.46. The Morgan fingerprint density at radius 3 is 2.48 bits per heavy atom. The number of halogens is 3. The average molecular weight is 314 g/mol. The Morgan fingerprint density at radius 1 is 1.14 bits per heavy atom. The zero-order valence-electron chi connectivity index (χ0n) is 11.7. The summed E-state index contributed by atoms with van der Waals surface area (Å²) in [7, 11) is 0. The van der Waals surface area contributed by atoms with Gasteiger partial charge in [-0.1, -0.05) is 19.1 Å². The highest BCUT2D eigenvalue weighted by Crippen LogP contribution is 2.31. The number of rotatable bonds is 6. The molecule has 1 aromatic heterocycles. The standard InChI is InChI=1S/C15H17F3N2S/c1-2-8-19-9-7-13-10-21-14(20-13)11-3-5-12(6-4-11)15(16,17)18/h3-6,10,19H,2,7-9H2,1H3. The minimum atomic E-state index is -4.29. The van der Waals surface area contributed by atoms with Crippen molar-refractivity contribution in [1.82, 2.24) is 10.3 Å². The van der Waals surface area contributed by atoms with Crippen LogP contribution in [-0.2, 0) is 12.6 Å². The quantitative estimate of drug-likeness (QED) is 0.801. The zero-order valence-corrected chi connectivity index (χ0v) is 12.5. The van der Waals surface area contributed by atoms with Gasteiger partial charge in [-0.3, -0.25) is 0 Å². The summed E-state index contributed by atoms with van der Waals surface area (Å²) in [5, 5.41) is 6.01. The maximum absolute atomic E-state index is 12.5. The SMILES string of the molecule is CCCNCCc1csc(-c2ccc(C(F)(F)F)cc2)n1. The fourth-order valence-electron chi connectivity index (χ4n) is 1.87. The maximum Gasteiger partial charge on any atom is 0.416 e. The molecule has 1 heterocycles. The number of nitrogens with zero attached hydrogens (tertiary/aromatic N) is 1. The van der Waals surface area contributed by atoms with Crippen LogP contribution >= 0.6 is 11.3 Å². The Balaban J connectivity index is 2.00. The van der Waals surface area contributed by atoms with E-state index in [1.54, 1.807) is 0 Å². The van der Waals surface area contributed by atoms with Gasteiger partial charge in [-0.05, 0) is 25.1 Å². The van der Waals surface area contributed by atoms with Gasteiger partial charge in [-0.25, -0.2) is 4.98 Å². The molecule has 0 aliphatic heterocycles. The molecule has 114 valence electrons. The molecule has 2 rings (SSSR count). The minimum Gasteiger partial charge on any atom is -0.316 e. The largest absolute Gasteiger partial charge is 0.416 e. The molecule has 0 amide bonds. The Hall–Kier alpha value is -1.40. The molecule has 0 bridgehead atoms. The Kier molecular flexibility index (Phi) is 5.36. The molecular weight excluding hydrogens is 297 g/mol. The van der Waals surface area contributed by atoms with Crippen LogP contribution in [0.1, 0.15) is 24.6 Å². The van der Waals surface area contributed by atoms with E-state index < -0.39 is 11.7 Å². The summed E-state index contributed by atoms with van der Waals surface area (Å²) in [6.45, 7) is 3.96. The molecule has 0 aliphatic rings. The van der Waals surface area contributed by atoms with Crippen LogP contribution in [0.5, 0.6) is 0 Å². The Morgan fingerprint density at radius 2 is 1.86 bits per heavy atom. The third-order valence-corrected chi connectivity index (χ3v) is 3.94. The molecule has 0 saturated heterocycles. The van der Waals surface area contributed by atoms with Gasteiger partial charge in [0.2, 0.25) is 0 Å². The van der Waals surface area contributed by atoms with E-state index in [0.717, 1.165) is 54.3 Å². The van der Waals surface area contributed by atoms with Gasteiger partial charge >= 0.3 is 6.18 Å². The van der Waals surface area contributed by atoms with Gasteiger partial charge < -0.3 is 5.32 Å². The Labute approximate surface area is 126 Å². The second-order valence-corrected chi connectivity index (χ2v) is 5.58. The van der Waals surface area contributed by atoms with Gasteiger partial charge in [0.15, 0.2) is 0 Å². The van der Waals surface area contributed by atoms with E-state index in [4.69, 9.17) is 0 Å². The van der Waals surface area contributed by atoms with E-state index in [9.17, 15) is 13.2 Å². The van der Waals surface area contributed by atoms with Crippen molar-refractivity contribution in [3.05, 3.63) is 40.9 Å². The second-order valence-electron chi connectivity index (χ2n) is 4.72. The molecule has 1 N–H and O–H groups in total. The number of thiazole rings is 1. The first-order valence-corrected chi connectivity index (χ1v) is 7.71. The molecule has 0 unspecified atom stereocenters. The summed E-state index contributed by atoms with van der Waals surface area (Å²) < 4.78 is 37.5. The molecule has 6 heteroatoms. The predicted octanol–water partition coefficient (Wildman–Crippen LogP) is 4.37. The highest BCUT2D eigenvalue weighted by molar-refractivity contribution is 7.13. The van der Waals surface area contributed by atoms with E-state index in [2.05, 4.69) is 17.2 Å². The molecule has 0 spiro atoms. The van der Waals surface area contributed by atoms with Crippen LogP contribution in [-0.4, -0.2) is 18.1 Å². The maximum atomic E-state index is 12.5. The molecule has 0 fully saturated rings. The van der Waals surface area contributed by atoms with Gasteiger partial charge in [0.1, 0.15) is 5.01 Å². The van der Waals surface area contributed by atoms with Crippen LogP contribution in [0, 0.1) is 0 Å². The van der Waals surface area contributed by atoms with Crippen molar-refractivity contribution in [2.45, 2.75) is 25.9 Å². The smallest absolute Gasteiger partial charge is 0.316 e. The monoisotopic (exact) mass is 314 g/mol. The molecule has 0 radical (unpaired) electrons. The third-order valence-electron chi connectivity index (χ3n) is 3.00. The molecule has 0 saturated carbocycles. The van der Waals surface area contributed by atoms with Gasteiger partial charge in [0.25, 0.3) is 0 Å². The Bertz CT molecular complexity index is 561. The molecular formula is C15H17F3N2S. The van der Waals surface area contributed by atoms with Crippen molar-refractivity contribution in [1.29, 1.82) is 0 Å². The lowest BCUT2D eigenvalue weighted by Gasteiger charge is -2.06. The molecule has 2 aromatic rings. The number of hydrogen-bond donors (Lipinski definition) is 1. The zero-order chi connectivity index (χ0) is 15.3. The van der Waals surface area contributed by atoms with Crippen molar-refractivity contribution in [2.24, 2.45) is 0 Å². The van der Waals surface area contributed by atoms with Crippen LogP contribution in [0.2, 0.25) is 0 Å². The fraction of sp³-hybridized carbons (Fsp3) is 0.400. The average Bonchev–Trinajstić information content (AvgIpc) is 2.92. The summed E-state index contributed by atoms with van der Waals surface area (Å²) in [5.41, 5.74) is 1.06. The van der Waals surface area contributed by atoms with Crippen LogP contribution in [0.3, 0.4) is 0 Å². The summed E-state index contributed by atoms with van der Waals surface area (Å²) in [6, 6.07) is 5.14. The summed E-state index contributed by atoms with van der Waals surface area (Å²) in [5.74, 6) is 0. The number of aromatic nitrogens is 1. The van der Waals surface area contributed by atoms with Gasteiger partial charge in [0, 0.05) is 23.9 Å². The van der Waals surface area contributed by atoms with Crippen molar-refractivity contribution in [3.8, 4) is 10.6 Å². The van der Waals surface area contributed by atoms with Gasteiger partial charge in [-0.15, -0.1) is 11.3 Å². The van der Waals surface area contributed by atoms with Crippen molar-refractivity contribution < 1.29 is 13.2 Å². The van der Waals surface area contributed by atoms with Crippen molar-refractivity contribution in [3.63, 3.8) is 0 Å². The van der Waals surface area contributed by atoms with E-state index in [1.165, 1.54) is 23.5 Å². The number of nitrogens with one attached hydrogen (secondary N) is 1. The van der Waals surface area contributed by atoms with Crippen molar-refractivity contribution in [2.75, 3.05) is 13.1 Å². The second kappa shape index (κ2) is 7.04. The molecule has 21 heavy (non-hydrogen) atoms. The topological polar surface area (TPSA) is 24.9 Å². The first-order chi connectivity index (χ1) is 10.0. The third kappa shape index (κ3) is 4.54. The first-order valence-electron chi connectivity index (χ1n) is 6.83. The number of alkyl halides is 3.